The molecule has 0 aliphatic rings. The van der Waals surface area contributed by atoms with Crippen molar-refractivity contribution in [3.05, 3.63) is 24.3 Å². The van der Waals surface area contributed by atoms with Crippen LogP contribution in [0, 0.1) is 5.92 Å². The highest BCUT2D eigenvalue weighted by Crippen LogP contribution is 2.17. The Morgan fingerprint density at radius 1 is 0.522 bits per heavy atom. The van der Waals surface area contributed by atoms with Gasteiger partial charge in [-0.3, -0.25) is 9.59 Å². The number of aliphatic hydroxyl groups is 1. The predicted molar refractivity (Wildman–Crippen MR) is 204 cm³/mol. The lowest BCUT2D eigenvalue weighted by molar-refractivity contribution is -0.133. The third-order valence-corrected chi connectivity index (χ3v) is 9.12. The van der Waals surface area contributed by atoms with Crippen LogP contribution in [0.1, 0.15) is 194 Å². The summed E-state index contributed by atoms with van der Waals surface area (Å²) in [5.74, 6) is -0.319. The predicted octanol–water partition coefficient (Wildman–Crippen LogP) is 12.2. The van der Waals surface area contributed by atoms with Crippen LogP contribution < -0.4 is 0 Å². The Kier molecular flexibility index (Phi) is 39.4. The topological polar surface area (TPSA) is 57.6 Å². The lowest BCUT2D eigenvalue weighted by atomic mass is 9.91. The second kappa shape index (κ2) is 38.5. The van der Waals surface area contributed by atoms with Crippen LogP contribution >= 0.6 is 12.4 Å². The van der Waals surface area contributed by atoms with Gasteiger partial charge in [-0.05, 0) is 71.3 Å². The smallest absolute Gasteiger partial charge is 0.144 e. The minimum absolute atomic E-state index is 0. The molecule has 0 saturated heterocycles. The van der Waals surface area contributed by atoms with E-state index in [2.05, 4.69) is 38.2 Å². The maximum atomic E-state index is 13.1. The van der Waals surface area contributed by atoms with Gasteiger partial charge in [-0.15, -0.1) is 12.4 Å². The molecule has 0 bridgehead atoms. The van der Waals surface area contributed by atoms with Crippen LogP contribution in [0.3, 0.4) is 0 Å². The van der Waals surface area contributed by atoms with E-state index in [0.29, 0.717) is 25.9 Å². The van der Waals surface area contributed by atoms with Crippen molar-refractivity contribution >= 4 is 24.0 Å². The third-order valence-electron chi connectivity index (χ3n) is 9.12. The van der Waals surface area contributed by atoms with Gasteiger partial charge in [0.1, 0.15) is 11.6 Å². The summed E-state index contributed by atoms with van der Waals surface area (Å²) >= 11 is 0. The second-order valence-electron chi connectivity index (χ2n) is 13.6. The lowest BCUT2D eigenvalue weighted by Crippen LogP contribution is -2.37. The fraction of sp³-hybridized carbons (Fsp3) is 0.854. The van der Waals surface area contributed by atoms with Gasteiger partial charge >= 0.3 is 0 Å². The van der Waals surface area contributed by atoms with E-state index in [-0.39, 0.29) is 30.6 Å². The summed E-state index contributed by atoms with van der Waals surface area (Å²) < 4.78 is 0. The first-order chi connectivity index (χ1) is 22.1. The van der Waals surface area contributed by atoms with E-state index in [1.807, 2.05) is 11.9 Å². The van der Waals surface area contributed by atoms with Gasteiger partial charge in [0.25, 0.3) is 0 Å². The molecule has 0 radical (unpaired) electrons. The van der Waals surface area contributed by atoms with Crippen LogP contribution in [0.25, 0.3) is 0 Å². The summed E-state index contributed by atoms with van der Waals surface area (Å²) in [6, 6.07) is 0. The number of carbonyl (C=O) groups excluding carboxylic acids is 2. The van der Waals surface area contributed by atoms with Gasteiger partial charge in [0, 0.05) is 25.9 Å². The molecule has 0 aliphatic carbocycles. The van der Waals surface area contributed by atoms with Gasteiger partial charge in [0.05, 0.1) is 12.5 Å². The maximum Gasteiger partial charge on any atom is 0.144 e. The summed E-state index contributed by atoms with van der Waals surface area (Å²) in [7, 11) is 1.90. The van der Waals surface area contributed by atoms with Gasteiger partial charge in [-0.1, -0.05) is 141 Å². The number of nitrogens with zero attached hydrogens (tertiary/aromatic N) is 1. The zero-order valence-corrected chi connectivity index (χ0v) is 31.7. The zero-order valence-electron chi connectivity index (χ0n) is 30.9. The monoisotopic (exact) mass is 668 g/mol. The first kappa shape index (κ1) is 47.1. The standard InChI is InChI=1S/C41H77NO3.ClH/c1-4-6-8-10-12-14-16-18-20-22-24-26-28-30-32-34-40(44)39(38-42(3)36-37-43)41(45)35-33-31-29-27-25-23-21-19-17-15-13-11-9-7-5-2;/h18-21,39,43H,4-17,22-38H2,1-3H3;1H/b20-18-,21-19-;. The average molecular weight is 669 g/mol. The fourth-order valence-corrected chi connectivity index (χ4v) is 6.05. The van der Waals surface area contributed by atoms with Crippen molar-refractivity contribution < 1.29 is 14.7 Å². The number of unbranched alkanes of at least 4 members (excludes halogenated alkanes) is 22. The Hall–Kier alpha value is -0.970. The molecule has 0 heterocycles. The number of rotatable bonds is 36. The number of carbonyl (C=O) groups is 2. The number of likely N-dealkylation sites (N-methyl/N-ethyl adjacent to an activating group) is 1. The second-order valence-corrected chi connectivity index (χ2v) is 13.6. The molecular weight excluding hydrogens is 590 g/mol. The molecule has 0 atom stereocenters. The number of ketones is 2. The molecule has 272 valence electrons. The summed E-state index contributed by atoms with van der Waals surface area (Å²) in [6.07, 6.45) is 42.6. The molecule has 0 spiro atoms. The fourth-order valence-electron chi connectivity index (χ4n) is 6.05. The van der Waals surface area contributed by atoms with Crippen molar-refractivity contribution in [1.82, 2.24) is 4.90 Å². The van der Waals surface area contributed by atoms with Crippen molar-refractivity contribution in [3.8, 4) is 0 Å². The molecule has 0 aromatic heterocycles. The molecule has 0 unspecified atom stereocenters. The average Bonchev–Trinajstić information content (AvgIpc) is 3.03. The van der Waals surface area contributed by atoms with E-state index < -0.39 is 5.92 Å². The van der Waals surface area contributed by atoms with E-state index >= 15 is 0 Å². The molecule has 0 saturated carbocycles. The minimum Gasteiger partial charge on any atom is -0.395 e. The highest BCUT2D eigenvalue weighted by molar-refractivity contribution is 6.02. The Morgan fingerprint density at radius 2 is 0.826 bits per heavy atom. The summed E-state index contributed by atoms with van der Waals surface area (Å²) in [6.45, 7) is 5.52. The molecule has 5 heteroatoms. The van der Waals surface area contributed by atoms with Crippen molar-refractivity contribution in [2.75, 3.05) is 26.7 Å². The van der Waals surface area contributed by atoms with E-state index in [9.17, 15) is 14.7 Å². The Morgan fingerprint density at radius 3 is 1.15 bits per heavy atom. The summed E-state index contributed by atoms with van der Waals surface area (Å²) in [4.78, 5) is 28.1. The van der Waals surface area contributed by atoms with Crippen LogP contribution in [0.15, 0.2) is 24.3 Å². The first-order valence-corrected chi connectivity index (χ1v) is 19.7. The zero-order chi connectivity index (χ0) is 33.1. The number of Topliss-reactive ketones (excluding diaryl/α,β-unsaturated/α-hetero) is 2. The molecule has 4 nitrogen and oxygen atoms in total. The number of allylic oxidation sites excluding steroid dienone is 4. The summed E-state index contributed by atoms with van der Waals surface area (Å²) in [5, 5.41) is 9.31. The molecule has 1 N–H and O–H groups in total. The molecule has 0 fully saturated rings. The number of hydrogen-bond acceptors (Lipinski definition) is 4. The van der Waals surface area contributed by atoms with Crippen LogP contribution in [0.5, 0.6) is 0 Å². The van der Waals surface area contributed by atoms with Crippen molar-refractivity contribution in [3.63, 3.8) is 0 Å². The highest BCUT2D eigenvalue weighted by atomic mass is 35.5. The molecule has 46 heavy (non-hydrogen) atoms. The summed E-state index contributed by atoms with van der Waals surface area (Å²) in [5.41, 5.74) is 0. The van der Waals surface area contributed by atoms with Gasteiger partial charge in [-0.25, -0.2) is 0 Å². The van der Waals surface area contributed by atoms with Crippen molar-refractivity contribution in [1.29, 1.82) is 0 Å². The van der Waals surface area contributed by atoms with Gasteiger partial charge < -0.3 is 10.0 Å². The van der Waals surface area contributed by atoms with Gasteiger partial charge in [-0.2, -0.15) is 0 Å². The minimum atomic E-state index is -0.532. The Labute approximate surface area is 293 Å². The molecule has 0 aromatic carbocycles. The van der Waals surface area contributed by atoms with Crippen molar-refractivity contribution in [2.45, 2.75) is 194 Å². The molecule has 0 aromatic rings. The quantitative estimate of drug-likeness (QED) is 0.0410. The third kappa shape index (κ3) is 33.0. The van der Waals surface area contributed by atoms with E-state index in [1.165, 1.54) is 128 Å². The largest absolute Gasteiger partial charge is 0.395 e. The Bertz CT molecular complexity index is 656. The SMILES string of the molecule is CCCCCCCC/C=C\CCCCCCCC(=O)C(CN(C)CCO)C(=O)CCCCCCC/C=C\CCCCCCCC.Cl. The highest BCUT2D eigenvalue weighted by Gasteiger charge is 2.26. The number of aliphatic hydroxyl groups excluding tert-OH is 1. The number of halogens is 1. The van der Waals surface area contributed by atoms with Crippen molar-refractivity contribution in [2.24, 2.45) is 5.92 Å². The molecule has 0 amide bonds. The first-order valence-electron chi connectivity index (χ1n) is 19.7. The normalized spacial score (nSPS) is 11.8. The lowest BCUT2D eigenvalue weighted by Gasteiger charge is -2.22. The van der Waals surface area contributed by atoms with Gasteiger partial charge in [0.15, 0.2) is 0 Å². The maximum absolute atomic E-state index is 13.1. The van der Waals surface area contributed by atoms with Gasteiger partial charge in [0.2, 0.25) is 0 Å². The van der Waals surface area contributed by atoms with E-state index in [0.717, 1.165) is 38.5 Å². The van der Waals surface area contributed by atoms with Crippen LogP contribution in [-0.2, 0) is 9.59 Å². The van der Waals surface area contributed by atoms with Crippen LogP contribution in [0.4, 0.5) is 0 Å². The molecular formula is C41H78ClNO3. The van der Waals surface area contributed by atoms with Crippen LogP contribution in [0.2, 0.25) is 0 Å². The van der Waals surface area contributed by atoms with Crippen LogP contribution in [-0.4, -0.2) is 48.3 Å². The molecule has 0 aliphatic heterocycles. The van der Waals surface area contributed by atoms with E-state index in [1.54, 1.807) is 0 Å². The Balaban J connectivity index is 0. The molecule has 0 rings (SSSR count). The van der Waals surface area contributed by atoms with E-state index in [4.69, 9.17) is 0 Å². The number of hydrogen-bond donors (Lipinski definition) is 1.